The van der Waals surface area contributed by atoms with Crippen molar-refractivity contribution < 1.29 is 38.9 Å². The summed E-state index contributed by atoms with van der Waals surface area (Å²) in [4.78, 5) is 63.4. The van der Waals surface area contributed by atoms with Gasteiger partial charge in [-0.25, -0.2) is 14.8 Å². The van der Waals surface area contributed by atoms with E-state index in [-0.39, 0.29) is 40.8 Å². The van der Waals surface area contributed by atoms with Gasteiger partial charge in [0, 0.05) is 66.4 Å². The Morgan fingerprint density at radius 2 is 1.54 bits per heavy atom. The van der Waals surface area contributed by atoms with E-state index in [1.165, 1.54) is 32.1 Å². The molecule has 0 unspecified atom stereocenters. The molecular formula is C40H43ClN6O8S2. The van der Waals surface area contributed by atoms with E-state index in [0.717, 1.165) is 28.7 Å². The van der Waals surface area contributed by atoms with E-state index in [4.69, 9.17) is 21.1 Å². The molecule has 2 aliphatic rings. The number of aryl methyl sites for hydroxylation is 2. The summed E-state index contributed by atoms with van der Waals surface area (Å²) in [7, 11) is 0. The Morgan fingerprint density at radius 1 is 0.895 bits per heavy atom. The Labute approximate surface area is 341 Å². The largest absolute Gasteiger partial charge is 0.480 e. The summed E-state index contributed by atoms with van der Waals surface area (Å²) in [5, 5.41) is 27.4. The molecule has 0 bridgehead atoms. The van der Waals surface area contributed by atoms with Crippen LogP contribution in [0.2, 0.25) is 5.02 Å². The van der Waals surface area contributed by atoms with Crippen LogP contribution in [0.3, 0.4) is 0 Å². The number of halogens is 1. The number of hydrogen-bond acceptors (Lipinski definition) is 11. The van der Waals surface area contributed by atoms with Crippen molar-refractivity contribution >= 4 is 74.7 Å². The summed E-state index contributed by atoms with van der Waals surface area (Å²) in [5.41, 5.74) is 3.65. The number of hydrogen-bond donors (Lipinski definition) is 4. The SMILES string of the molecule is Cc1nc(C(=O)Nc2cccc(-c3cccc4c3ccn4C(=O)c3nc(C)c(CN(CC4CCOCC4)C(=O)O)s3)c2Cl)sc1CN[C@H](C(=O)O)C1CCOCC1. The lowest BCUT2D eigenvalue weighted by Gasteiger charge is -2.28. The second kappa shape index (κ2) is 17.8. The summed E-state index contributed by atoms with van der Waals surface area (Å²) in [5.74, 6) is -1.52. The van der Waals surface area contributed by atoms with Crippen LogP contribution in [-0.4, -0.2) is 92.5 Å². The highest BCUT2D eigenvalue weighted by Crippen LogP contribution is 2.38. The van der Waals surface area contributed by atoms with Gasteiger partial charge in [0.05, 0.1) is 34.2 Å². The van der Waals surface area contributed by atoms with Crippen molar-refractivity contribution in [2.45, 2.75) is 58.7 Å². The zero-order valence-electron chi connectivity index (χ0n) is 31.5. The van der Waals surface area contributed by atoms with Crippen molar-refractivity contribution in [2.75, 3.05) is 38.3 Å². The number of ether oxygens (including phenoxy) is 2. The van der Waals surface area contributed by atoms with Gasteiger partial charge >= 0.3 is 12.1 Å². The Morgan fingerprint density at radius 3 is 2.26 bits per heavy atom. The van der Waals surface area contributed by atoms with E-state index in [9.17, 15) is 29.4 Å². The van der Waals surface area contributed by atoms with E-state index in [1.807, 2.05) is 30.3 Å². The molecule has 14 nitrogen and oxygen atoms in total. The van der Waals surface area contributed by atoms with Gasteiger partial charge in [-0.1, -0.05) is 35.9 Å². The average molecular weight is 835 g/mol. The van der Waals surface area contributed by atoms with Crippen molar-refractivity contribution in [3.8, 4) is 11.1 Å². The molecule has 0 spiro atoms. The molecule has 0 radical (unpaired) electrons. The molecule has 0 saturated carbocycles. The Bertz CT molecular complexity index is 2290. The van der Waals surface area contributed by atoms with Crippen molar-refractivity contribution in [2.24, 2.45) is 11.8 Å². The molecule has 300 valence electrons. The molecule has 17 heteroatoms. The second-order valence-electron chi connectivity index (χ2n) is 14.3. The second-order valence-corrected chi connectivity index (χ2v) is 16.8. The maximum atomic E-state index is 13.9. The minimum absolute atomic E-state index is 0.0434. The summed E-state index contributed by atoms with van der Waals surface area (Å²) in [6.45, 7) is 6.71. The van der Waals surface area contributed by atoms with Crippen molar-refractivity contribution in [1.29, 1.82) is 0 Å². The number of carboxylic acids is 1. The molecule has 2 fully saturated rings. The monoisotopic (exact) mass is 834 g/mol. The van der Waals surface area contributed by atoms with Gasteiger partial charge in [0.2, 0.25) is 0 Å². The number of amides is 2. The van der Waals surface area contributed by atoms with E-state index in [2.05, 4.69) is 20.6 Å². The van der Waals surface area contributed by atoms with Crippen LogP contribution < -0.4 is 10.6 Å². The molecular weight excluding hydrogens is 792 g/mol. The average Bonchev–Trinajstić information content (AvgIpc) is 3.92. The zero-order chi connectivity index (χ0) is 40.2. The fourth-order valence-electron chi connectivity index (χ4n) is 7.38. The molecule has 0 aliphatic carbocycles. The standard InChI is InChI=1S/C40H43ClN6O8S2/c1-22-31(19-42-34(39(50)51)25-12-17-55-18-13-25)56-36(43-22)35(48)45-29-7-3-6-28(33(29)41)26-5-4-8-30-27(26)9-14-47(30)38(49)37-44-23(2)32(57-37)21-46(40(52)53)20-24-10-15-54-16-11-24/h3-9,14,24-25,34,42H,10-13,15-21H2,1-2H3,(H,45,48)(H,50,51)(H,52,53)/t34-/m0/s1. The number of carboxylic acid groups (broad SMARTS) is 2. The third-order valence-corrected chi connectivity index (χ3v) is 13.3. The topological polar surface area (TPSA) is 185 Å². The number of nitrogens with one attached hydrogen (secondary N) is 2. The van der Waals surface area contributed by atoms with Crippen LogP contribution in [0.25, 0.3) is 22.0 Å². The number of aliphatic carboxylic acids is 1. The van der Waals surface area contributed by atoms with E-state index < -0.39 is 24.0 Å². The third kappa shape index (κ3) is 9.06. The molecule has 4 N–H and O–H groups in total. The van der Waals surface area contributed by atoms with Gasteiger partial charge in [0.15, 0.2) is 10.0 Å². The number of anilines is 1. The fourth-order valence-corrected chi connectivity index (χ4v) is 9.58. The van der Waals surface area contributed by atoms with Crippen LogP contribution in [0.5, 0.6) is 0 Å². The molecule has 2 aliphatic heterocycles. The lowest BCUT2D eigenvalue weighted by Crippen LogP contribution is -2.44. The number of carbonyl (C=O) groups excluding carboxylic acids is 2. The predicted octanol–water partition coefficient (Wildman–Crippen LogP) is 7.31. The summed E-state index contributed by atoms with van der Waals surface area (Å²) in [6.07, 6.45) is 3.62. The predicted molar refractivity (Wildman–Crippen MR) is 218 cm³/mol. The van der Waals surface area contributed by atoms with Crippen LogP contribution in [0.4, 0.5) is 10.5 Å². The first kappa shape index (κ1) is 40.5. The van der Waals surface area contributed by atoms with Crippen LogP contribution >= 0.6 is 34.3 Å². The minimum atomic E-state index is -1.01. The Hall–Kier alpha value is -4.71. The van der Waals surface area contributed by atoms with Gasteiger partial charge in [-0.3, -0.25) is 24.3 Å². The van der Waals surface area contributed by atoms with Crippen molar-refractivity contribution in [3.05, 3.63) is 84.8 Å². The molecule has 1 atom stereocenters. The maximum absolute atomic E-state index is 13.9. The number of benzene rings is 2. The summed E-state index contributed by atoms with van der Waals surface area (Å²) < 4.78 is 12.3. The molecule has 5 heterocycles. The highest BCUT2D eigenvalue weighted by molar-refractivity contribution is 7.14. The maximum Gasteiger partial charge on any atom is 0.407 e. The van der Waals surface area contributed by atoms with Crippen molar-refractivity contribution in [1.82, 2.24) is 24.8 Å². The number of nitrogens with zero attached hydrogens (tertiary/aromatic N) is 4. The first-order valence-electron chi connectivity index (χ1n) is 18.8. The van der Waals surface area contributed by atoms with Crippen LogP contribution in [0.15, 0.2) is 48.7 Å². The third-order valence-electron chi connectivity index (χ3n) is 10.6. The summed E-state index contributed by atoms with van der Waals surface area (Å²) >= 11 is 9.36. The number of fused-ring (bicyclic) bond motifs is 1. The minimum Gasteiger partial charge on any atom is -0.480 e. The Balaban J connectivity index is 1.06. The highest BCUT2D eigenvalue weighted by atomic mass is 35.5. The highest BCUT2D eigenvalue weighted by Gasteiger charge is 2.30. The molecule has 3 aromatic heterocycles. The van der Waals surface area contributed by atoms with Gasteiger partial charge < -0.3 is 29.9 Å². The normalized spacial score (nSPS) is 15.8. The van der Waals surface area contributed by atoms with Gasteiger partial charge in [0.1, 0.15) is 6.04 Å². The van der Waals surface area contributed by atoms with E-state index >= 15 is 0 Å². The van der Waals surface area contributed by atoms with Crippen LogP contribution in [0.1, 0.15) is 66.4 Å². The van der Waals surface area contributed by atoms with Gasteiger partial charge in [-0.05, 0) is 75.1 Å². The quantitative estimate of drug-likeness (QED) is 0.0933. The van der Waals surface area contributed by atoms with Gasteiger partial charge in [-0.2, -0.15) is 0 Å². The van der Waals surface area contributed by atoms with Gasteiger partial charge in [-0.15, -0.1) is 22.7 Å². The van der Waals surface area contributed by atoms with E-state index in [0.29, 0.717) is 83.9 Å². The summed E-state index contributed by atoms with van der Waals surface area (Å²) in [6, 6.07) is 12.0. The lowest BCUT2D eigenvalue weighted by atomic mass is 9.92. The first-order valence-corrected chi connectivity index (χ1v) is 20.8. The first-order chi connectivity index (χ1) is 27.5. The number of rotatable bonds is 13. The van der Waals surface area contributed by atoms with E-state index in [1.54, 1.807) is 32.2 Å². The van der Waals surface area contributed by atoms with Gasteiger partial charge in [0.25, 0.3) is 11.8 Å². The molecule has 5 aromatic rings. The van der Waals surface area contributed by atoms with Crippen LogP contribution in [-0.2, 0) is 27.4 Å². The van der Waals surface area contributed by atoms with Crippen molar-refractivity contribution in [3.63, 3.8) is 0 Å². The molecule has 2 saturated heterocycles. The smallest absolute Gasteiger partial charge is 0.407 e. The zero-order valence-corrected chi connectivity index (χ0v) is 33.8. The molecule has 57 heavy (non-hydrogen) atoms. The number of carbonyl (C=O) groups is 4. The fraction of sp³-hybridized carbons (Fsp3) is 0.400. The lowest BCUT2D eigenvalue weighted by molar-refractivity contribution is -0.142. The number of thiazole rings is 2. The molecule has 2 amide bonds. The molecule has 7 rings (SSSR count). The van der Waals surface area contributed by atoms with Crippen LogP contribution in [0, 0.1) is 25.7 Å². The molecule has 2 aromatic carbocycles. The number of aromatic nitrogens is 3. The Kier molecular flexibility index (Phi) is 12.7.